The maximum absolute atomic E-state index is 12.8. The molecule has 1 N–H and O–H groups in total. The Bertz CT molecular complexity index is 1060. The smallest absolute Gasteiger partial charge is 0.341 e. The van der Waals surface area contributed by atoms with Crippen LogP contribution in [0.5, 0.6) is 0 Å². The molecule has 1 saturated heterocycles. The maximum atomic E-state index is 12.8. The van der Waals surface area contributed by atoms with Crippen molar-refractivity contribution in [1.29, 1.82) is 5.26 Å². The fourth-order valence-corrected chi connectivity index (χ4v) is 5.32. The summed E-state index contributed by atoms with van der Waals surface area (Å²) in [6.07, 6.45) is 2.15. The van der Waals surface area contributed by atoms with E-state index in [0.717, 1.165) is 31.5 Å². The molecule has 11 heteroatoms. The summed E-state index contributed by atoms with van der Waals surface area (Å²) in [7, 11) is 1.43. The summed E-state index contributed by atoms with van der Waals surface area (Å²) in [6.45, 7) is 7.56. The molecular weight excluding hydrogens is 480 g/mol. The molecule has 10 nitrogen and oxygen atoms in total. The van der Waals surface area contributed by atoms with Crippen molar-refractivity contribution in [1.82, 2.24) is 25.3 Å². The second kappa shape index (κ2) is 12.8. The molecule has 0 aromatic carbocycles. The molecule has 1 aliphatic heterocycles. The predicted molar refractivity (Wildman–Crippen MR) is 137 cm³/mol. The van der Waals surface area contributed by atoms with Gasteiger partial charge in [-0.3, -0.25) is 9.63 Å². The summed E-state index contributed by atoms with van der Waals surface area (Å²) >= 11 is 1.60. The molecule has 36 heavy (non-hydrogen) atoms. The van der Waals surface area contributed by atoms with E-state index < -0.39 is 5.91 Å². The van der Waals surface area contributed by atoms with Crippen LogP contribution in [0.3, 0.4) is 0 Å². The van der Waals surface area contributed by atoms with E-state index in [1.807, 2.05) is 27.8 Å². The lowest BCUT2D eigenvalue weighted by Gasteiger charge is -2.41. The number of pyridine rings is 1. The van der Waals surface area contributed by atoms with Crippen molar-refractivity contribution in [2.75, 3.05) is 26.7 Å². The number of aryl methyl sites for hydroxylation is 2. The number of nitrogens with one attached hydrogen (secondary N) is 1. The molecule has 2 aromatic heterocycles. The summed E-state index contributed by atoms with van der Waals surface area (Å²) in [6, 6.07) is 5.44. The third-order valence-electron chi connectivity index (χ3n) is 6.65. The van der Waals surface area contributed by atoms with Crippen LogP contribution in [0, 0.1) is 30.4 Å². The van der Waals surface area contributed by atoms with Gasteiger partial charge in [0.05, 0.1) is 18.4 Å². The first kappa shape index (κ1) is 27.5. The number of hydrogen-bond acceptors (Lipinski definition) is 8. The molecule has 0 radical (unpaired) electrons. The van der Waals surface area contributed by atoms with E-state index in [-0.39, 0.29) is 35.9 Å². The highest BCUT2D eigenvalue weighted by Gasteiger charge is 2.30. The number of aromatic nitrogens is 1. The summed E-state index contributed by atoms with van der Waals surface area (Å²) < 4.78 is 0. The van der Waals surface area contributed by atoms with Crippen molar-refractivity contribution in [3.05, 3.63) is 56.2 Å². The lowest BCUT2D eigenvalue weighted by molar-refractivity contribution is 0.0555. The minimum atomic E-state index is -0.624. The van der Waals surface area contributed by atoms with Gasteiger partial charge < -0.3 is 20.1 Å². The summed E-state index contributed by atoms with van der Waals surface area (Å²) in [5, 5.41) is 26.2. The van der Waals surface area contributed by atoms with Crippen LogP contribution >= 0.6 is 11.3 Å². The largest absolute Gasteiger partial charge is 0.756 e. The van der Waals surface area contributed by atoms with E-state index in [9.17, 15) is 14.8 Å². The number of carbonyl (C=O) groups excluding carboxylic acids is 2. The fraction of sp³-hybridized carbons (Fsp3) is 0.520. The monoisotopic (exact) mass is 513 g/mol. The van der Waals surface area contributed by atoms with Crippen molar-refractivity contribution in [2.45, 2.75) is 58.7 Å². The Hall–Kier alpha value is -3.04. The van der Waals surface area contributed by atoms with Gasteiger partial charge in [0, 0.05) is 38.3 Å². The molecule has 3 rings (SSSR count). The Labute approximate surface area is 216 Å². The van der Waals surface area contributed by atoms with Gasteiger partial charge >= 0.3 is 6.03 Å². The number of carbonyl (C=O) groups is 2. The number of rotatable bonds is 9. The van der Waals surface area contributed by atoms with Crippen molar-refractivity contribution >= 4 is 23.3 Å². The van der Waals surface area contributed by atoms with Crippen LogP contribution in [-0.4, -0.2) is 70.6 Å². The van der Waals surface area contributed by atoms with E-state index in [4.69, 9.17) is 10.1 Å². The Morgan fingerprint density at radius 2 is 2.11 bits per heavy atom. The van der Waals surface area contributed by atoms with Crippen molar-refractivity contribution in [3.8, 4) is 6.07 Å². The van der Waals surface area contributed by atoms with Crippen LogP contribution in [0.2, 0.25) is 0 Å². The number of urea groups is 1. The third-order valence-corrected chi connectivity index (χ3v) is 7.38. The topological polar surface area (TPSA) is 125 Å². The average Bonchev–Trinajstić information content (AvgIpc) is 3.38. The summed E-state index contributed by atoms with van der Waals surface area (Å²) in [4.78, 5) is 38.5. The molecule has 0 aliphatic carbocycles. The van der Waals surface area contributed by atoms with Gasteiger partial charge in [0.2, 0.25) is 5.91 Å². The van der Waals surface area contributed by atoms with Gasteiger partial charge in [-0.15, -0.1) is 0 Å². The molecule has 0 bridgehead atoms. The lowest BCUT2D eigenvalue weighted by Crippen LogP contribution is -2.51. The first-order valence-electron chi connectivity index (χ1n) is 12.0. The Morgan fingerprint density at radius 1 is 1.39 bits per heavy atom. The minimum Gasteiger partial charge on any atom is -0.756 e. The number of likely N-dealkylation sites (tertiary alicyclic amines) is 1. The molecular formula is C25H33N6O4S-. The molecule has 0 saturated carbocycles. The zero-order chi connectivity index (χ0) is 26.2. The summed E-state index contributed by atoms with van der Waals surface area (Å²) in [5.74, 6) is -0.624. The lowest BCUT2D eigenvalue weighted by atomic mass is 10.0. The van der Waals surface area contributed by atoms with Crippen LogP contribution in [0.25, 0.3) is 0 Å². The Balaban J connectivity index is 1.53. The number of amides is 3. The van der Waals surface area contributed by atoms with E-state index in [0.29, 0.717) is 29.3 Å². The SMILES string of the molecule is CONC(=O)N(Cc1ccsc1)C1CCN([C@H](C)CCN([O-])C(=O)c2c(C)cc(C#N)nc2C)CC1. The number of thiophene rings is 1. The molecule has 1 fully saturated rings. The minimum absolute atomic E-state index is 0.0688. The quantitative estimate of drug-likeness (QED) is 0.508. The first-order chi connectivity index (χ1) is 17.2. The van der Waals surface area contributed by atoms with Crippen LogP contribution in [0.15, 0.2) is 22.9 Å². The molecule has 1 aliphatic rings. The highest BCUT2D eigenvalue weighted by molar-refractivity contribution is 7.07. The second-order valence-electron chi connectivity index (χ2n) is 9.08. The van der Waals surface area contributed by atoms with Crippen molar-refractivity contribution < 1.29 is 14.4 Å². The highest BCUT2D eigenvalue weighted by Crippen LogP contribution is 2.23. The molecule has 1 atom stereocenters. The van der Waals surface area contributed by atoms with Gasteiger partial charge in [-0.25, -0.2) is 15.3 Å². The van der Waals surface area contributed by atoms with Crippen LogP contribution in [-0.2, 0) is 11.4 Å². The molecule has 0 unspecified atom stereocenters. The number of nitriles is 1. The Morgan fingerprint density at radius 3 is 2.69 bits per heavy atom. The number of piperidine rings is 1. The van der Waals surface area contributed by atoms with Crippen LogP contribution in [0.1, 0.15) is 59.1 Å². The zero-order valence-electron chi connectivity index (χ0n) is 21.2. The third kappa shape index (κ3) is 6.79. The summed E-state index contributed by atoms with van der Waals surface area (Å²) in [5.41, 5.74) is 4.98. The van der Waals surface area contributed by atoms with Crippen LogP contribution < -0.4 is 5.48 Å². The van der Waals surface area contributed by atoms with Gasteiger partial charge in [-0.2, -0.15) is 16.6 Å². The average molecular weight is 514 g/mol. The second-order valence-corrected chi connectivity index (χ2v) is 9.86. The predicted octanol–water partition coefficient (Wildman–Crippen LogP) is 3.59. The van der Waals surface area contributed by atoms with Gasteiger partial charge in [-0.05, 0) is 74.1 Å². The number of hydrogen-bond donors (Lipinski definition) is 1. The van der Waals surface area contributed by atoms with E-state index >= 15 is 0 Å². The fourth-order valence-electron chi connectivity index (χ4n) is 4.66. The maximum Gasteiger partial charge on any atom is 0.341 e. The van der Waals surface area contributed by atoms with E-state index in [1.54, 1.807) is 25.2 Å². The number of hydroxylamine groups is 3. The van der Waals surface area contributed by atoms with Gasteiger partial charge in [0.15, 0.2) is 0 Å². The standard InChI is InChI=1S/C25H33N6O4S/c1-17-13-21(14-26)27-19(3)23(17)24(32)31(34)11-5-18(2)29-9-6-22(7-10-29)30(25(33)28-35-4)15-20-8-12-36-16-20/h8,12-13,16,18,22H,5-7,9-11,15H2,1-4H3,(H,28,33)/q-1/t18-/m1/s1. The Kier molecular flexibility index (Phi) is 9.78. The molecule has 2 aromatic rings. The molecule has 194 valence electrons. The number of nitrogens with zero attached hydrogens (tertiary/aromatic N) is 5. The first-order valence-corrected chi connectivity index (χ1v) is 12.9. The molecule has 3 heterocycles. The van der Waals surface area contributed by atoms with Crippen molar-refractivity contribution in [3.63, 3.8) is 0 Å². The van der Waals surface area contributed by atoms with E-state index in [2.05, 4.69) is 22.3 Å². The van der Waals surface area contributed by atoms with Gasteiger partial charge in [0.25, 0.3) is 0 Å². The molecule has 3 amide bonds. The highest BCUT2D eigenvalue weighted by atomic mass is 32.1. The molecule has 0 spiro atoms. The van der Waals surface area contributed by atoms with E-state index in [1.165, 1.54) is 13.2 Å². The van der Waals surface area contributed by atoms with Gasteiger partial charge in [-0.1, -0.05) is 0 Å². The zero-order valence-corrected chi connectivity index (χ0v) is 22.0. The van der Waals surface area contributed by atoms with Gasteiger partial charge in [0.1, 0.15) is 11.8 Å². The van der Waals surface area contributed by atoms with Crippen molar-refractivity contribution in [2.24, 2.45) is 0 Å². The van der Waals surface area contributed by atoms with Crippen LogP contribution in [0.4, 0.5) is 4.79 Å². The normalized spacial score (nSPS) is 15.2.